The lowest BCUT2D eigenvalue weighted by atomic mass is 10.0. The van der Waals surface area contributed by atoms with Crippen LogP contribution in [0, 0.1) is 5.82 Å². The van der Waals surface area contributed by atoms with Crippen molar-refractivity contribution in [3.63, 3.8) is 0 Å². The fourth-order valence-electron chi connectivity index (χ4n) is 3.08. The summed E-state index contributed by atoms with van der Waals surface area (Å²) in [5.74, 6) is -0.0868. The quantitative estimate of drug-likeness (QED) is 0.412. The second kappa shape index (κ2) is 10.1. The van der Waals surface area contributed by atoms with E-state index in [1.54, 1.807) is 50.2 Å². The fourth-order valence-corrected chi connectivity index (χ4v) is 3.08. The average molecular weight is 435 g/mol. The molecule has 3 aromatic carbocycles. The summed E-state index contributed by atoms with van der Waals surface area (Å²) in [7, 11) is 0. The van der Waals surface area contributed by atoms with Gasteiger partial charge in [-0.15, -0.1) is 0 Å². The number of aliphatic carboxylic acids is 1. The van der Waals surface area contributed by atoms with Crippen molar-refractivity contribution in [2.75, 3.05) is 6.61 Å². The summed E-state index contributed by atoms with van der Waals surface area (Å²) >= 11 is 0. The lowest BCUT2D eigenvalue weighted by Crippen LogP contribution is -2.40. The largest absolute Gasteiger partial charge is 0.490 e. The van der Waals surface area contributed by atoms with Crippen molar-refractivity contribution < 1.29 is 23.8 Å². The summed E-state index contributed by atoms with van der Waals surface area (Å²) < 4.78 is 24.5. The first kappa shape index (κ1) is 23.1. The number of carboxylic acids is 1. The number of benzene rings is 3. The van der Waals surface area contributed by atoms with E-state index in [9.17, 15) is 14.3 Å². The zero-order valence-electron chi connectivity index (χ0n) is 18.5. The Balaban J connectivity index is 1.57. The van der Waals surface area contributed by atoms with E-state index in [0.717, 1.165) is 22.3 Å². The molecule has 3 rings (SSSR count). The van der Waals surface area contributed by atoms with Gasteiger partial charge < -0.3 is 14.6 Å². The molecule has 0 saturated carbocycles. The van der Waals surface area contributed by atoms with E-state index < -0.39 is 11.6 Å². The van der Waals surface area contributed by atoms with Gasteiger partial charge in [0.15, 0.2) is 0 Å². The highest BCUT2D eigenvalue weighted by Gasteiger charge is 2.33. The van der Waals surface area contributed by atoms with Gasteiger partial charge in [0.1, 0.15) is 23.9 Å². The van der Waals surface area contributed by atoms with Crippen LogP contribution in [0.1, 0.15) is 32.8 Å². The summed E-state index contributed by atoms with van der Waals surface area (Å²) in [6.07, 6.45) is 2.35. The normalized spacial score (nSPS) is 13.3. The van der Waals surface area contributed by atoms with Crippen LogP contribution in [0.3, 0.4) is 0 Å². The van der Waals surface area contributed by atoms with Gasteiger partial charge in [0, 0.05) is 0 Å². The Labute approximate surface area is 187 Å². The van der Waals surface area contributed by atoms with Gasteiger partial charge in [0.05, 0.1) is 0 Å². The number of carboxylic acid groups (broad SMARTS) is 1. The number of hydrogen-bond donors (Lipinski definition) is 1. The molecule has 3 aromatic rings. The Bertz CT molecular complexity index is 1070. The summed E-state index contributed by atoms with van der Waals surface area (Å²) in [4.78, 5) is 11.4. The Morgan fingerprint density at radius 2 is 1.47 bits per heavy atom. The molecule has 0 aromatic heterocycles. The van der Waals surface area contributed by atoms with Crippen LogP contribution in [-0.2, 0) is 4.79 Å². The van der Waals surface area contributed by atoms with E-state index in [-0.39, 0.29) is 5.82 Å². The molecule has 0 heterocycles. The van der Waals surface area contributed by atoms with Gasteiger partial charge in [-0.25, -0.2) is 9.18 Å². The second-order valence-electron chi connectivity index (χ2n) is 7.75. The third kappa shape index (κ3) is 5.76. The Hall–Kier alpha value is -3.60. The van der Waals surface area contributed by atoms with Crippen molar-refractivity contribution in [3.8, 4) is 22.6 Å². The van der Waals surface area contributed by atoms with Gasteiger partial charge in [-0.1, -0.05) is 43.3 Å². The van der Waals surface area contributed by atoms with Crippen LogP contribution < -0.4 is 9.47 Å². The van der Waals surface area contributed by atoms with Crippen LogP contribution in [-0.4, -0.2) is 23.3 Å². The molecule has 0 aliphatic rings. The molecule has 5 heteroatoms. The standard InChI is InChI=1S/C27H27FO4/c1-4-27(3,26(29)30)32-25-15-13-24(14-16-25)31-18-17-19(2)20-5-7-21(8-6-20)22-9-11-23(28)12-10-22/h5-17H,4,18H2,1-3H3,(H,29,30)/b19-17+/t27-/m1/s1. The highest BCUT2D eigenvalue weighted by molar-refractivity contribution is 5.77. The van der Waals surface area contributed by atoms with Crippen LogP contribution in [0.4, 0.5) is 4.39 Å². The van der Waals surface area contributed by atoms with Crippen LogP contribution in [0.25, 0.3) is 16.7 Å². The SMILES string of the molecule is CC[C@@](C)(Oc1ccc(OC/C=C(\C)c2ccc(-c3ccc(F)cc3)cc2)cc1)C(=O)O. The second-order valence-corrected chi connectivity index (χ2v) is 7.75. The first-order valence-corrected chi connectivity index (χ1v) is 10.5. The predicted molar refractivity (Wildman–Crippen MR) is 124 cm³/mol. The molecule has 0 aliphatic carbocycles. The highest BCUT2D eigenvalue weighted by Crippen LogP contribution is 2.25. The van der Waals surface area contributed by atoms with Crippen LogP contribution >= 0.6 is 0 Å². The van der Waals surface area contributed by atoms with Gasteiger partial charge in [-0.2, -0.15) is 0 Å². The van der Waals surface area contributed by atoms with Gasteiger partial charge in [-0.3, -0.25) is 0 Å². The van der Waals surface area contributed by atoms with Gasteiger partial charge in [-0.05, 0) is 85.0 Å². The number of carbonyl (C=O) groups is 1. The molecule has 4 nitrogen and oxygen atoms in total. The minimum absolute atomic E-state index is 0.244. The summed E-state index contributed by atoms with van der Waals surface area (Å²) in [6, 6.07) is 21.5. The number of hydrogen-bond acceptors (Lipinski definition) is 3. The molecule has 0 saturated heterocycles. The molecule has 0 amide bonds. The third-order valence-corrected chi connectivity index (χ3v) is 5.45. The van der Waals surface area contributed by atoms with E-state index in [1.165, 1.54) is 12.1 Å². The first-order valence-electron chi connectivity index (χ1n) is 10.5. The average Bonchev–Trinajstić information content (AvgIpc) is 2.80. The molecule has 1 atom stereocenters. The monoisotopic (exact) mass is 434 g/mol. The first-order chi connectivity index (χ1) is 15.3. The topological polar surface area (TPSA) is 55.8 Å². The maximum Gasteiger partial charge on any atom is 0.347 e. The van der Waals surface area contributed by atoms with Gasteiger partial charge in [0.2, 0.25) is 5.60 Å². The van der Waals surface area contributed by atoms with Crippen molar-refractivity contribution in [2.45, 2.75) is 32.8 Å². The number of ether oxygens (including phenoxy) is 2. The molecule has 0 unspecified atom stereocenters. The van der Waals surface area contributed by atoms with Crippen LogP contribution in [0.15, 0.2) is 78.9 Å². The predicted octanol–water partition coefficient (Wildman–Crippen LogP) is 6.61. The van der Waals surface area contributed by atoms with E-state index in [0.29, 0.717) is 24.5 Å². The molecule has 0 radical (unpaired) electrons. The van der Waals surface area contributed by atoms with Gasteiger partial charge >= 0.3 is 5.97 Å². The highest BCUT2D eigenvalue weighted by atomic mass is 19.1. The molecule has 0 spiro atoms. The van der Waals surface area contributed by atoms with Crippen LogP contribution in [0.5, 0.6) is 11.5 Å². The molecule has 0 aliphatic heterocycles. The summed E-state index contributed by atoms with van der Waals surface area (Å²) in [5, 5.41) is 9.32. The van der Waals surface area contributed by atoms with Gasteiger partial charge in [0.25, 0.3) is 0 Å². The fraction of sp³-hybridized carbons (Fsp3) is 0.222. The van der Waals surface area contributed by atoms with E-state index in [1.807, 2.05) is 37.3 Å². The Kier molecular flexibility index (Phi) is 7.31. The number of halogens is 1. The van der Waals surface area contributed by atoms with Crippen LogP contribution in [0.2, 0.25) is 0 Å². The molecular formula is C27H27FO4. The number of rotatable bonds is 9. The summed E-state index contributed by atoms with van der Waals surface area (Å²) in [5.41, 5.74) is 2.90. The van der Waals surface area contributed by atoms with Crippen molar-refractivity contribution in [2.24, 2.45) is 0 Å². The van der Waals surface area contributed by atoms with Crippen molar-refractivity contribution in [3.05, 3.63) is 90.3 Å². The Morgan fingerprint density at radius 3 is 2.00 bits per heavy atom. The molecule has 166 valence electrons. The lowest BCUT2D eigenvalue weighted by molar-refractivity contribution is -0.154. The summed E-state index contributed by atoms with van der Waals surface area (Å²) in [6.45, 7) is 5.74. The molecule has 32 heavy (non-hydrogen) atoms. The lowest BCUT2D eigenvalue weighted by Gasteiger charge is -2.24. The van der Waals surface area contributed by atoms with Crippen molar-refractivity contribution in [1.82, 2.24) is 0 Å². The smallest absolute Gasteiger partial charge is 0.347 e. The van der Waals surface area contributed by atoms with E-state index >= 15 is 0 Å². The molecular weight excluding hydrogens is 407 g/mol. The van der Waals surface area contributed by atoms with E-state index in [2.05, 4.69) is 0 Å². The molecule has 0 fully saturated rings. The maximum absolute atomic E-state index is 13.1. The molecule has 0 bridgehead atoms. The third-order valence-electron chi connectivity index (χ3n) is 5.45. The minimum atomic E-state index is -1.26. The van der Waals surface area contributed by atoms with Crippen molar-refractivity contribution in [1.29, 1.82) is 0 Å². The minimum Gasteiger partial charge on any atom is -0.490 e. The maximum atomic E-state index is 13.1. The zero-order valence-corrected chi connectivity index (χ0v) is 18.5. The number of allylic oxidation sites excluding steroid dienone is 1. The zero-order chi connectivity index (χ0) is 23.1. The molecule has 1 N–H and O–H groups in total. The Morgan fingerprint density at radius 1 is 0.938 bits per heavy atom. The van der Waals surface area contributed by atoms with E-state index in [4.69, 9.17) is 9.47 Å². The van der Waals surface area contributed by atoms with Crippen molar-refractivity contribution >= 4 is 11.5 Å².